The van der Waals surface area contributed by atoms with Crippen LogP contribution >= 0.6 is 0 Å². The molecule has 0 amide bonds. The highest BCUT2D eigenvalue weighted by Crippen LogP contribution is 2.26. The Morgan fingerprint density at radius 2 is 1.81 bits per heavy atom. The Balaban J connectivity index is 1.66. The minimum absolute atomic E-state index is 0.261. The summed E-state index contributed by atoms with van der Waals surface area (Å²) < 4.78 is 20.0. The zero-order valence-corrected chi connectivity index (χ0v) is 17.8. The minimum Gasteiger partial charge on any atom is -0.490 e. The van der Waals surface area contributed by atoms with Gasteiger partial charge in [-0.3, -0.25) is 4.98 Å². The van der Waals surface area contributed by atoms with E-state index in [1.54, 1.807) is 31.3 Å². The number of ether oxygens (including phenoxy) is 1. The average molecular weight is 418 g/mol. The maximum atomic E-state index is 14.5. The van der Waals surface area contributed by atoms with Gasteiger partial charge in [0.1, 0.15) is 18.2 Å². The molecule has 0 aliphatic heterocycles. The number of aromatic nitrogens is 1. The first-order valence-corrected chi connectivity index (χ1v) is 10.5. The summed E-state index contributed by atoms with van der Waals surface area (Å²) in [5, 5.41) is 9.28. The molecule has 0 saturated carbocycles. The van der Waals surface area contributed by atoms with Crippen LogP contribution < -0.4 is 4.74 Å². The number of allylic oxidation sites excluding steroid dienone is 1. The van der Waals surface area contributed by atoms with Gasteiger partial charge < -0.3 is 9.84 Å². The number of rotatable bonds is 10. The van der Waals surface area contributed by atoms with Crippen molar-refractivity contribution in [2.45, 2.75) is 32.3 Å². The van der Waals surface area contributed by atoms with Gasteiger partial charge in [0.2, 0.25) is 0 Å². The van der Waals surface area contributed by atoms with Crippen LogP contribution in [0.3, 0.4) is 0 Å². The highest BCUT2D eigenvalue weighted by Gasteiger charge is 2.06. The van der Waals surface area contributed by atoms with E-state index < -0.39 is 0 Å². The maximum absolute atomic E-state index is 14.5. The average Bonchev–Trinajstić information content (AvgIpc) is 2.78. The van der Waals surface area contributed by atoms with Gasteiger partial charge in [0, 0.05) is 22.9 Å². The van der Waals surface area contributed by atoms with Crippen LogP contribution in [0.4, 0.5) is 4.39 Å². The predicted molar refractivity (Wildman–Crippen MR) is 125 cm³/mol. The lowest BCUT2D eigenvalue weighted by atomic mass is 10.0. The van der Waals surface area contributed by atoms with E-state index in [1.165, 1.54) is 6.07 Å². The number of halogens is 1. The van der Waals surface area contributed by atoms with E-state index in [9.17, 15) is 9.50 Å². The lowest BCUT2D eigenvalue weighted by Crippen LogP contribution is -1.97. The second-order valence-electron chi connectivity index (χ2n) is 7.47. The van der Waals surface area contributed by atoms with E-state index in [0.717, 1.165) is 47.4 Å². The van der Waals surface area contributed by atoms with Crippen molar-refractivity contribution in [2.24, 2.45) is 0 Å². The second kappa shape index (κ2) is 11.2. The Morgan fingerprint density at radius 3 is 2.45 bits per heavy atom. The molecule has 1 N–H and O–H groups in total. The minimum atomic E-state index is -0.292. The lowest BCUT2D eigenvalue weighted by molar-refractivity contribution is 0.182. The van der Waals surface area contributed by atoms with E-state index in [2.05, 4.69) is 11.6 Å². The van der Waals surface area contributed by atoms with Crippen LogP contribution in [0.15, 0.2) is 79.5 Å². The topological polar surface area (TPSA) is 42.4 Å². The van der Waals surface area contributed by atoms with Gasteiger partial charge in [-0.25, -0.2) is 4.39 Å². The summed E-state index contributed by atoms with van der Waals surface area (Å²) in [4.78, 5) is 4.54. The molecule has 1 unspecified atom stereocenters. The predicted octanol–water partition coefficient (Wildman–Crippen LogP) is 6.68. The number of aliphatic hydroxyl groups is 1. The van der Waals surface area contributed by atoms with Gasteiger partial charge in [-0.15, -0.1) is 0 Å². The highest BCUT2D eigenvalue weighted by atomic mass is 19.1. The molecule has 3 aromatic rings. The van der Waals surface area contributed by atoms with Crippen LogP contribution in [-0.4, -0.2) is 22.8 Å². The van der Waals surface area contributed by atoms with Crippen LogP contribution in [0, 0.1) is 5.82 Å². The fourth-order valence-electron chi connectivity index (χ4n) is 3.20. The van der Waals surface area contributed by atoms with E-state index in [0.29, 0.717) is 12.2 Å². The summed E-state index contributed by atoms with van der Waals surface area (Å²) in [5.74, 6) is 0.524. The molecule has 1 aromatic heterocycles. The third-order valence-electron chi connectivity index (χ3n) is 4.91. The normalized spacial score (nSPS) is 12.1. The van der Waals surface area contributed by atoms with Gasteiger partial charge in [0.05, 0.1) is 11.8 Å². The molecule has 0 saturated heterocycles. The number of pyridine rings is 1. The zero-order valence-electron chi connectivity index (χ0n) is 17.8. The summed E-state index contributed by atoms with van der Waals surface area (Å²) in [6.07, 6.45) is 9.38. The van der Waals surface area contributed by atoms with Crippen LogP contribution in [0.25, 0.3) is 28.5 Å². The van der Waals surface area contributed by atoms with E-state index in [1.807, 2.05) is 48.5 Å². The fourth-order valence-corrected chi connectivity index (χ4v) is 3.20. The van der Waals surface area contributed by atoms with Gasteiger partial charge in [0.15, 0.2) is 0 Å². The summed E-state index contributed by atoms with van der Waals surface area (Å²) in [7, 11) is 0. The van der Waals surface area contributed by atoms with Crippen molar-refractivity contribution in [3.05, 3.63) is 90.9 Å². The third-order valence-corrected chi connectivity index (χ3v) is 4.91. The van der Waals surface area contributed by atoms with Gasteiger partial charge in [-0.1, -0.05) is 43.0 Å². The van der Waals surface area contributed by atoms with Crippen molar-refractivity contribution >= 4 is 6.08 Å². The van der Waals surface area contributed by atoms with Crippen LogP contribution in [0.5, 0.6) is 5.75 Å². The van der Waals surface area contributed by atoms with Crippen LogP contribution in [-0.2, 0) is 0 Å². The first-order chi connectivity index (χ1) is 15.1. The number of aliphatic hydroxyl groups excluding tert-OH is 1. The summed E-state index contributed by atoms with van der Waals surface area (Å²) >= 11 is 0. The molecule has 3 rings (SSSR count). The SMILES string of the molecule is C=CCOc1ccc(-c2ccc(-c3ccc(C=CCCCC(C)O)c(F)c3)cn2)cc1. The van der Waals surface area contributed by atoms with Crippen molar-refractivity contribution in [2.75, 3.05) is 6.61 Å². The highest BCUT2D eigenvalue weighted by molar-refractivity contribution is 5.68. The molecule has 31 heavy (non-hydrogen) atoms. The Hall–Kier alpha value is -3.24. The largest absolute Gasteiger partial charge is 0.490 e. The van der Waals surface area contributed by atoms with Crippen LogP contribution in [0.2, 0.25) is 0 Å². The van der Waals surface area contributed by atoms with Gasteiger partial charge in [-0.05, 0) is 68.1 Å². The number of hydrogen-bond acceptors (Lipinski definition) is 3. The summed E-state index contributed by atoms with van der Waals surface area (Å²) in [6, 6.07) is 16.8. The molecule has 1 atom stereocenters. The van der Waals surface area contributed by atoms with Crippen molar-refractivity contribution in [3.8, 4) is 28.1 Å². The Morgan fingerprint density at radius 1 is 1.06 bits per heavy atom. The molecule has 2 aromatic carbocycles. The maximum Gasteiger partial charge on any atom is 0.131 e. The summed E-state index contributed by atoms with van der Waals surface area (Å²) in [6.45, 7) is 5.89. The van der Waals surface area contributed by atoms with Crippen molar-refractivity contribution in [1.82, 2.24) is 4.98 Å². The quantitative estimate of drug-likeness (QED) is 0.295. The zero-order chi connectivity index (χ0) is 22.1. The molecule has 0 spiro atoms. The summed E-state index contributed by atoms with van der Waals surface area (Å²) in [5.41, 5.74) is 4.04. The van der Waals surface area contributed by atoms with E-state index in [-0.39, 0.29) is 11.9 Å². The monoisotopic (exact) mass is 417 g/mol. The van der Waals surface area contributed by atoms with Gasteiger partial charge >= 0.3 is 0 Å². The van der Waals surface area contributed by atoms with Crippen molar-refractivity contribution < 1.29 is 14.2 Å². The molecule has 160 valence electrons. The second-order valence-corrected chi connectivity index (χ2v) is 7.47. The Kier molecular flexibility index (Phi) is 8.13. The first kappa shape index (κ1) is 22.4. The molecule has 1 heterocycles. The van der Waals surface area contributed by atoms with E-state index >= 15 is 0 Å². The molecule has 4 heteroatoms. The molecule has 3 nitrogen and oxygen atoms in total. The molecule has 0 aliphatic rings. The molecular formula is C27H28FNO2. The van der Waals surface area contributed by atoms with Gasteiger partial charge in [0.25, 0.3) is 0 Å². The number of hydrogen-bond donors (Lipinski definition) is 1. The smallest absolute Gasteiger partial charge is 0.131 e. The van der Waals surface area contributed by atoms with Gasteiger partial charge in [-0.2, -0.15) is 0 Å². The molecule has 0 aliphatic carbocycles. The van der Waals surface area contributed by atoms with Crippen molar-refractivity contribution in [3.63, 3.8) is 0 Å². The first-order valence-electron chi connectivity index (χ1n) is 10.5. The molecule has 0 radical (unpaired) electrons. The lowest BCUT2D eigenvalue weighted by Gasteiger charge is -2.07. The standard InChI is InChI=1S/C27H28FNO2/c1-3-17-31-25-14-11-22(12-15-25)27-16-13-24(19-29-27)23-10-9-21(26(28)18-23)8-6-4-5-7-20(2)30/h3,6,8-16,18-20,30H,1,4-5,7,17H2,2H3. The fraction of sp³-hybridized carbons (Fsp3) is 0.222. The molecular weight excluding hydrogens is 389 g/mol. The number of nitrogens with zero attached hydrogens (tertiary/aromatic N) is 1. The molecule has 0 bridgehead atoms. The molecule has 0 fully saturated rings. The van der Waals surface area contributed by atoms with Crippen molar-refractivity contribution in [1.29, 1.82) is 0 Å². The number of benzene rings is 2. The van der Waals surface area contributed by atoms with E-state index in [4.69, 9.17) is 4.74 Å². The Bertz CT molecular complexity index is 1010. The number of unbranched alkanes of at least 4 members (excludes halogenated alkanes) is 1. The third kappa shape index (κ3) is 6.63. The van der Waals surface area contributed by atoms with Crippen LogP contribution in [0.1, 0.15) is 31.7 Å². The Labute approximate surface area is 183 Å².